The highest BCUT2D eigenvalue weighted by atomic mass is 16.7. The lowest BCUT2D eigenvalue weighted by atomic mass is 9.77. The van der Waals surface area contributed by atoms with Crippen molar-refractivity contribution in [2.75, 3.05) is 6.61 Å². The average Bonchev–Trinajstić information content (AvgIpc) is 2.95. The van der Waals surface area contributed by atoms with Crippen LogP contribution in [-0.2, 0) is 33.1 Å². The van der Waals surface area contributed by atoms with Crippen LogP contribution in [0.2, 0.25) is 0 Å². The number of benzene rings is 1. The number of esters is 2. The molecule has 5 atom stereocenters. The van der Waals surface area contributed by atoms with Crippen LogP contribution in [0.25, 0.3) is 0 Å². The van der Waals surface area contributed by atoms with Crippen LogP contribution < -0.4 is 10.2 Å². The average molecular weight is 490 g/mol. The molecular weight excluding hydrogens is 451 g/mol. The van der Waals surface area contributed by atoms with Crippen molar-refractivity contribution in [1.82, 2.24) is 0 Å². The maximum absolute atomic E-state index is 11.9. The molecule has 2 aliphatic rings. The normalized spacial score (nSPS) is 29.5. The molecule has 3 rings (SSSR count). The van der Waals surface area contributed by atoms with Crippen LogP contribution in [0.15, 0.2) is 12.1 Å². The summed E-state index contributed by atoms with van der Waals surface area (Å²) in [6.07, 6.45) is -1.86. The molecule has 194 valence electrons. The molecule has 0 amide bonds. The Balaban J connectivity index is 1.86. The predicted molar refractivity (Wildman–Crippen MR) is 131 cm³/mol. The SMILES string of the molecule is CC(=O)OCC1O[C@H](Oc2c(C)cc(B3OC(C)(C)C(C)(C)O3)cc2C)C(OC(C)=O)[C@@H](C)[C@@H]1C. The molecule has 2 aliphatic heterocycles. The van der Waals surface area contributed by atoms with Crippen LogP contribution in [0.4, 0.5) is 0 Å². The minimum atomic E-state index is -0.856. The molecule has 1 aromatic rings. The molecule has 2 saturated heterocycles. The van der Waals surface area contributed by atoms with Gasteiger partial charge in [0.2, 0.25) is 6.29 Å². The smallest absolute Gasteiger partial charge is 0.463 e. The van der Waals surface area contributed by atoms with Crippen molar-refractivity contribution in [3.63, 3.8) is 0 Å². The number of ether oxygens (including phenoxy) is 4. The molecule has 0 radical (unpaired) electrons. The van der Waals surface area contributed by atoms with Gasteiger partial charge in [0.05, 0.1) is 17.3 Å². The van der Waals surface area contributed by atoms with Gasteiger partial charge in [-0.25, -0.2) is 0 Å². The number of rotatable bonds is 6. The molecule has 0 spiro atoms. The van der Waals surface area contributed by atoms with Crippen LogP contribution in [0.5, 0.6) is 5.75 Å². The van der Waals surface area contributed by atoms with Crippen molar-refractivity contribution in [2.45, 2.75) is 98.9 Å². The zero-order chi connectivity index (χ0) is 26.3. The summed E-state index contributed by atoms with van der Waals surface area (Å²) in [6, 6.07) is 3.97. The molecule has 35 heavy (non-hydrogen) atoms. The van der Waals surface area contributed by atoms with Gasteiger partial charge in [-0.2, -0.15) is 0 Å². The van der Waals surface area contributed by atoms with Gasteiger partial charge in [0.25, 0.3) is 0 Å². The monoisotopic (exact) mass is 490 g/mol. The molecule has 0 saturated carbocycles. The van der Waals surface area contributed by atoms with E-state index >= 15 is 0 Å². The summed E-state index contributed by atoms with van der Waals surface area (Å²) in [5.41, 5.74) is 1.78. The lowest BCUT2D eigenvalue weighted by Gasteiger charge is -2.43. The summed E-state index contributed by atoms with van der Waals surface area (Å²) < 4.78 is 35.8. The molecule has 2 unspecified atom stereocenters. The topological polar surface area (TPSA) is 89.5 Å². The lowest BCUT2D eigenvalue weighted by molar-refractivity contribution is -0.253. The first kappa shape index (κ1) is 27.5. The minimum absolute atomic E-state index is 0.0218. The van der Waals surface area contributed by atoms with E-state index in [1.54, 1.807) is 0 Å². The summed E-state index contributed by atoms with van der Waals surface area (Å²) in [6.45, 7) is 18.8. The Bertz CT molecular complexity index is 918. The van der Waals surface area contributed by atoms with E-state index in [0.717, 1.165) is 16.6 Å². The summed E-state index contributed by atoms with van der Waals surface area (Å²) in [5, 5.41) is 0. The second-order valence-corrected chi connectivity index (χ2v) is 10.8. The molecule has 8 nitrogen and oxygen atoms in total. The highest BCUT2D eigenvalue weighted by Gasteiger charge is 2.52. The number of hydrogen-bond acceptors (Lipinski definition) is 8. The molecule has 0 aliphatic carbocycles. The fourth-order valence-electron chi connectivity index (χ4n) is 4.50. The lowest BCUT2D eigenvalue weighted by Crippen LogP contribution is -2.54. The highest BCUT2D eigenvalue weighted by molar-refractivity contribution is 6.62. The van der Waals surface area contributed by atoms with Crippen LogP contribution in [0, 0.1) is 25.7 Å². The molecule has 2 fully saturated rings. The van der Waals surface area contributed by atoms with Crippen molar-refractivity contribution in [2.24, 2.45) is 11.8 Å². The first-order chi connectivity index (χ1) is 16.1. The molecular formula is C26H39BO8. The van der Waals surface area contributed by atoms with E-state index < -0.39 is 42.8 Å². The molecule has 0 N–H and O–H groups in total. The Labute approximate surface area is 209 Å². The first-order valence-corrected chi connectivity index (χ1v) is 12.2. The molecule has 0 aromatic heterocycles. The van der Waals surface area contributed by atoms with Crippen molar-refractivity contribution in [3.8, 4) is 5.75 Å². The second-order valence-electron chi connectivity index (χ2n) is 10.8. The number of carbonyl (C=O) groups excluding carboxylic acids is 2. The standard InChI is InChI=1S/C26H39BO8/c1-14-11-20(27-34-25(7,8)26(9,10)35-27)12-15(2)22(14)33-24-23(31-19(6)29)17(4)16(3)21(32-24)13-30-18(5)28/h11-12,16-17,21,23-24H,13H2,1-10H3/t16-,17-,21?,23?,24+/m0/s1. The Morgan fingerprint density at radius 3 is 1.97 bits per heavy atom. The number of hydrogen-bond donors (Lipinski definition) is 0. The van der Waals surface area contributed by atoms with E-state index in [2.05, 4.69) is 0 Å². The van der Waals surface area contributed by atoms with Crippen molar-refractivity contribution < 1.29 is 37.8 Å². The van der Waals surface area contributed by atoms with Gasteiger partial charge in [-0.05, 0) is 64.1 Å². The molecule has 9 heteroatoms. The van der Waals surface area contributed by atoms with Crippen LogP contribution in [0.3, 0.4) is 0 Å². The summed E-state index contributed by atoms with van der Waals surface area (Å²) in [5.74, 6) is -0.248. The predicted octanol–water partition coefficient (Wildman–Crippen LogP) is 3.47. The molecule has 1 aromatic carbocycles. The maximum atomic E-state index is 11.9. The van der Waals surface area contributed by atoms with E-state index in [0.29, 0.717) is 5.75 Å². The Kier molecular flexibility index (Phi) is 7.94. The third kappa shape index (κ3) is 5.84. The van der Waals surface area contributed by atoms with Gasteiger partial charge < -0.3 is 28.3 Å². The van der Waals surface area contributed by atoms with Crippen LogP contribution in [-0.4, -0.2) is 55.4 Å². The van der Waals surface area contributed by atoms with Gasteiger partial charge in [-0.1, -0.05) is 26.0 Å². The first-order valence-electron chi connectivity index (χ1n) is 12.2. The van der Waals surface area contributed by atoms with Gasteiger partial charge >= 0.3 is 19.1 Å². The zero-order valence-electron chi connectivity index (χ0n) is 22.6. The van der Waals surface area contributed by atoms with Crippen molar-refractivity contribution in [3.05, 3.63) is 23.3 Å². The fourth-order valence-corrected chi connectivity index (χ4v) is 4.50. The Morgan fingerprint density at radius 1 is 0.943 bits per heavy atom. The van der Waals surface area contributed by atoms with E-state index in [1.165, 1.54) is 13.8 Å². The van der Waals surface area contributed by atoms with Crippen LogP contribution >= 0.6 is 0 Å². The Morgan fingerprint density at radius 2 is 1.49 bits per heavy atom. The number of aryl methyl sites for hydroxylation is 2. The van der Waals surface area contributed by atoms with E-state index in [9.17, 15) is 9.59 Å². The highest BCUT2D eigenvalue weighted by Crippen LogP contribution is 2.38. The van der Waals surface area contributed by atoms with Crippen LogP contribution in [0.1, 0.15) is 66.5 Å². The third-order valence-corrected chi connectivity index (χ3v) is 7.51. The molecule has 0 bridgehead atoms. The van der Waals surface area contributed by atoms with Gasteiger partial charge in [0.1, 0.15) is 12.4 Å². The van der Waals surface area contributed by atoms with E-state index in [-0.39, 0.29) is 24.4 Å². The summed E-state index contributed by atoms with van der Waals surface area (Å²) >= 11 is 0. The largest absolute Gasteiger partial charge is 0.494 e. The van der Waals surface area contributed by atoms with Gasteiger partial charge in [-0.3, -0.25) is 9.59 Å². The van der Waals surface area contributed by atoms with E-state index in [1.807, 2.05) is 67.5 Å². The summed E-state index contributed by atoms with van der Waals surface area (Å²) in [7, 11) is -0.486. The minimum Gasteiger partial charge on any atom is -0.463 e. The maximum Gasteiger partial charge on any atom is 0.494 e. The third-order valence-electron chi connectivity index (χ3n) is 7.51. The van der Waals surface area contributed by atoms with Crippen molar-refractivity contribution in [1.29, 1.82) is 0 Å². The van der Waals surface area contributed by atoms with Gasteiger partial charge in [0.15, 0.2) is 6.10 Å². The second kappa shape index (κ2) is 10.1. The van der Waals surface area contributed by atoms with Gasteiger partial charge in [-0.15, -0.1) is 0 Å². The van der Waals surface area contributed by atoms with Crippen molar-refractivity contribution >= 4 is 24.5 Å². The zero-order valence-corrected chi connectivity index (χ0v) is 22.6. The fraction of sp³-hybridized carbons (Fsp3) is 0.692. The quantitative estimate of drug-likeness (QED) is 0.443. The van der Waals surface area contributed by atoms with Gasteiger partial charge in [0, 0.05) is 19.8 Å². The summed E-state index contributed by atoms with van der Waals surface area (Å²) in [4.78, 5) is 23.2. The molecule has 2 heterocycles. The van der Waals surface area contributed by atoms with E-state index in [4.69, 9.17) is 28.3 Å². The Hall–Kier alpha value is -2.10. The number of carbonyl (C=O) groups is 2.